The zero-order valence-electron chi connectivity index (χ0n) is 19.5. The number of nitrogens with zero attached hydrogens (tertiary/aromatic N) is 3. The van der Waals surface area contributed by atoms with Gasteiger partial charge in [0.1, 0.15) is 5.75 Å². The van der Waals surface area contributed by atoms with Crippen LogP contribution in [-0.2, 0) is 6.54 Å². The number of likely N-dealkylation sites (tertiary alicyclic amines) is 1. The number of benzene rings is 1. The second kappa shape index (κ2) is 14.7. The minimum atomic E-state index is 0. The molecular weight excluding hydrogens is 533 g/mol. The Morgan fingerprint density at radius 2 is 1.91 bits per heavy atom. The molecule has 8 heteroatoms. The summed E-state index contributed by atoms with van der Waals surface area (Å²) in [7, 11) is 5.99. The second-order valence-electron chi connectivity index (χ2n) is 8.23. The van der Waals surface area contributed by atoms with Crippen molar-refractivity contribution in [3.63, 3.8) is 0 Å². The molecule has 1 atom stereocenters. The highest BCUT2D eigenvalue weighted by atomic mass is 127. The molecule has 1 unspecified atom stereocenters. The van der Waals surface area contributed by atoms with E-state index in [1.54, 1.807) is 0 Å². The van der Waals surface area contributed by atoms with Gasteiger partial charge < -0.3 is 20.3 Å². The van der Waals surface area contributed by atoms with Gasteiger partial charge in [0.2, 0.25) is 0 Å². The van der Waals surface area contributed by atoms with Crippen molar-refractivity contribution in [1.29, 1.82) is 0 Å². The molecule has 6 nitrogen and oxygen atoms in total. The van der Waals surface area contributed by atoms with Crippen LogP contribution in [0.5, 0.6) is 5.75 Å². The maximum Gasteiger partial charge on any atom is 0.191 e. The van der Waals surface area contributed by atoms with Crippen LogP contribution >= 0.6 is 35.3 Å². The molecule has 1 fully saturated rings. The fraction of sp³-hybridized carbons (Fsp3) is 0.542. The first-order valence-electron chi connectivity index (χ1n) is 11.2. The highest BCUT2D eigenvalue weighted by Crippen LogP contribution is 2.27. The molecule has 0 saturated carbocycles. The summed E-state index contributed by atoms with van der Waals surface area (Å²) >= 11 is 1.84. The normalized spacial score (nSPS) is 15.4. The van der Waals surface area contributed by atoms with E-state index in [-0.39, 0.29) is 24.0 Å². The quantitative estimate of drug-likeness (QED) is 0.183. The molecule has 3 rings (SSSR count). The van der Waals surface area contributed by atoms with Crippen LogP contribution in [0.4, 0.5) is 0 Å². The SMILES string of the molecule is CN=C(NCc1ccc(OCCCN(C)C)cc1)NCC(c1cccs1)N1CCCC1.I. The van der Waals surface area contributed by atoms with Crippen molar-refractivity contribution in [3.05, 3.63) is 52.2 Å². The summed E-state index contributed by atoms with van der Waals surface area (Å²) in [5, 5.41) is 9.14. The maximum absolute atomic E-state index is 5.82. The van der Waals surface area contributed by atoms with Crippen LogP contribution in [0, 0.1) is 0 Å². The molecule has 1 aromatic heterocycles. The number of ether oxygens (including phenoxy) is 1. The highest BCUT2D eigenvalue weighted by Gasteiger charge is 2.24. The standard InChI is InChI=1S/C24H37N5OS.HI/c1-25-24(27-19-22(23-8-6-17-31-23)29-14-4-5-15-29)26-18-20-9-11-21(12-10-20)30-16-7-13-28(2)3;/h6,8-12,17,22H,4-5,7,13-16,18-19H2,1-3H3,(H2,25,26,27);1H. The summed E-state index contributed by atoms with van der Waals surface area (Å²) in [6, 6.07) is 13.1. The number of hydrogen-bond acceptors (Lipinski definition) is 5. The molecule has 1 saturated heterocycles. The molecule has 2 N–H and O–H groups in total. The molecule has 0 aliphatic carbocycles. The van der Waals surface area contributed by atoms with E-state index in [1.165, 1.54) is 36.4 Å². The Bertz CT molecular complexity index is 776. The van der Waals surface area contributed by atoms with Crippen molar-refractivity contribution in [2.24, 2.45) is 4.99 Å². The third-order valence-corrected chi connectivity index (χ3v) is 6.51. The lowest BCUT2D eigenvalue weighted by Gasteiger charge is -2.27. The van der Waals surface area contributed by atoms with Crippen LogP contribution in [0.3, 0.4) is 0 Å². The molecule has 2 aromatic rings. The number of thiophene rings is 1. The Hall–Kier alpha value is -1.36. The first-order chi connectivity index (χ1) is 15.2. The van der Waals surface area contributed by atoms with E-state index < -0.39 is 0 Å². The molecule has 1 aliphatic rings. The summed E-state index contributed by atoms with van der Waals surface area (Å²) < 4.78 is 5.82. The van der Waals surface area contributed by atoms with Crippen molar-refractivity contribution in [1.82, 2.24) is 20.4 Å². The molecule has 0 spiro atoms. The van der Waals surface area contributed by atoms with Gasteiger partial charge in [-0.05, 0) is 75.6 Å². The molecule has 1 aliphatic heterocycles. The molecule has 2 heterocycles. The number of rotatable bonds is 11. The average molecular weight is 572 g/mol. The van der Waals surface area contributed by atoms with Gasteiger partial charge in [-0.25, -0.2) is 0 Å². The monoisotopic (exact) mass is 571 g/mol. The Morgan fingerprint density at radius 1 is 1.16 bits per heavy atom. The Balaban J connectivity index is 0.00000363. The fourth-order valence-corrected chi connectivity index (χ4v) is 4.68. The van der Waals surface area contributed by atoms with Crippen molar-refractivity contribution < 1.29 is 4.74 Å². The Morgan fingerprint density at radius 3 is 2.53 bits per heavy atom. The second-order valence-corrected chi connectivity index (χ2v) is 9.21. The maximum atomic E-state index is 5.82. The van der Waals surface area contributed by atoms with Gasteiger partial charge in [0.15, 0.2) is 5.96 Å². The van der Waals surface area contributed by atoms with Crippen LogP contribution in [-0.4, -0.2) is 69.7 Å². The molecule has 32 heavy (non-hydrogen) atoms. The third kappa shape index (κ3) is 8.88. The summed E-state index contributed by atoms with van der Waals surface area (Å²) in [4.78, 5) is 10.6. The minimum Gasteiger partial charge on any atom is -0.494 e. The Labute approximate surface area is 214 Å². The molecule has 0 amide bonds. The topological polar surface area (TPSA) is 52.1 Å². The molecule has 178 valence electrons. The lowest BCUT2D eigenvalue weighted by Crippen LogP contribution is -2.42. The van der Waals surface area contributed by atoms with E-state index >= 15 is 0 Å². The van der Waals surface area contributed by atoms with Crippen molar-refractivity contribution in [2.75, 3.05) is 53.9 Å². The molecule has 1 aromatic carbocycles. The summed E-state index contributed by atoms with van der Waals surface area (Å²) in [5.41, 5.74) is 1.21. The fourth-order valence-electron chi connectivity index (χ4n) is 3.82. The largest absolute Gasteiger partial charge is 0.494 e. The third-order valence-electron chi connectivity index (χ3n) is 5.54. The van der Waals surface area contributed by atoms with Crippen LogP contribution < -0.4 is 15.4 Å². The van der Waals surface area contributed by atoms with Gasteiger partial charge in [0, 0.05) is 31.6 Å². The van der Waals surface area contributed by atoms with Crippen molar-refractivity contribution in [2.45, 2.75) is 31.8 Å². The number of halogens is 1. The lowest BCUT2D eigenvalue weighted by molar-refractivity contribution is 0.249. The number of guanidine groups is 1. The Kier molecular flexibility index (Phi) is 12.4. The first-order valence-corrected chi connectivity index (χ1v) is 12.1. The zero-order valence-corrected chi connectivity index (χ0v) is 22.7. The number of hydrogen-bond donors (Lipinski definition) is 2. The van der Waals surface area contributed by atoms with Gasteiger partial charge in [-0.2, -0.15) is 0 Å². The van der Waals surface area contributed by atoms with E-state index in [9.17, 15) is 0 Å². The van der Waals surface area contributed by atoms with Gasteiger partial charge >= 0.3 is 0 Å². The summed E-state index contributed by atoms with van der Waals surface area (Å²) in [6.07, 6.45) is 3.62. The van der Waals surface area contributed by atoms with Crippen molar-refractivity contribution >= 4 is 41.3 Å². The van der Waals surface area contributed by atoms with Gasteiger partial charge in [0.25, 0.3) is 0 Å². The van der Waals surface area contributed by atoms with E-state index in [2.05, 4.69) is 69.2 Å². The number of nitrogens with one attached hydrogen (secondary N) is 2. The molecular formula is C24H38IN5OS. The molecule has 0 radical (unpaired) electrons. The average Bonchev–Trinajstić information content (AvgIpc) is 3.49. The van der Waals surface area contributed by atoms with Crippen LogP contribution in [0.25, 0.3) is 0 Å². The zero-order chi connectivity index (χ0) is 21.9. The van der Waals surface area contributed by atoms with Gasteiger partial charge in [-0.3, -0.25) is 9.89 Å². The van der Waals surface area contributed by atoms with Gasteiger partial charge in [0.05, 0.1) is 12.6 Å². The molecule has 0 bridgehead atoms. The highest BCUT2D eigenvalue weighted by molar-refractivity contribution is 14.0. The van der Waals surface area contributed by atoms with E-state index in [1.807, 2.05) is 30.5 Å². The van der Waals surface area contributed by atoms with Crippen LogP contribution in [0.15, 0.2) is 46.8 Å². The van der Waals surface area contributed by atoms with E-state index in [0.29, 0.717) is 6.04 Å². The van der Waals surface area contributed by atoms with Gasteiger partial charge in [-0.15, -0.1) is 35.3 Å². The van der Waals surface area contributed by atoms with Gasteiger partial charge in [-0.1, -0.05) is 18.2 Å². The van der Waals surface area contributed by atoms with E-state index in [0.717, 1.165) is 44.4 Å². The number of aliphatic imine (C=N–C) groups is 1. The summed E-state index contributed by atoms with van der Waals surface area (Å²) in [5.74, 6) is 1.76. The van der Waals surface area contributed by atoms with Crippen LogP contribution in [0.1, 0.15) is 35.7 Å². The summed E-state index contributed by atoms with van der Waals surface area (Å²) in [6.45, 7) is 5.74. The predicted octanol–water partition coefficient (Wildman–Crippen LogP) is 4.20. The predicted molar refractivity (Wildman–Crippen MR) is 147 cm³/mol. The van der Waals surface area contributed by atoms with Crippen LogP contribution in [0.2, 0.25) is 0 Å². The first kappa shape index (κ1) is 26.9. The van der Waals surface area contributed by atoms with Crippen molar-refractivity contribution in [3.8, 4) is 5.75 Å². The smallest absolute Gasteiger partial charge is 0.191 e. The minimum absolute atomic E-state index is 0. The van der Waals surface area contributed by atoms with E-state index in [4.69, 9.17) is 4.74 Å². The lowest BCUT2D eigenvalue weighted by atomic mass is 10.2.